The molecule has 0 aliphatic carbocycles. The topological polar surface area (TPSA) is 94.1 Å². The minimum Gasteiger partial charge on any atom is -0.343 e. The lowest BCUT2D eigenvalue weighted by Gasteiger charge is -2.21. The molecule has 434 valence electrons. The molecule has 0 saturated carbocycles. The normalized spacial score (nSPS) is 10.7. The quantitative estimate of drug-likeness (QED) is 0.0961. The van der Waals surface area contributed by atoms with E-state index in [0.717, 1.165) is 51.2 Å². The fraction of sp³-hybridized carbons (Fsp3) is 0.282. The molecule has 0 atom stereocenters. The minimum atomic E-state index is -0.478. The molecular formula is C71H80F3N5O4. The van der Waals surface area contributed by atoms with Crippen LogP contribution in [0.5, 0.6) is 0 Å². The van der Waals surface area contributed by atoms with Gasteiger partial charge in [-0.3, -0.25) is 24.2 Å². The Morgan fingerprint density at radius 2 is 0.675 bits per heavy atom. The molecule has 4 amide bonds. The van der Waals surface area contributed by atoms with E-state index in [2.05, 4.69) is 29.2 Å². The third-order valence-electron chi connectivity index (χ3n) is 14.4. The highest BCUT2D eigenvalue weighted by Gasteiger charge is 2.17. The second kappa shape index (κ2) is 32.1. The maximum Gasteiger partial charge on any atom is 0.226 e. The van der Waals surface area contributed by atoms with E-state index in [1.165, 1.54) is 23.3 Å². The van der Waals surface area contributed by atoms with Gasteiger partial charge in [0, 0.05) is 75.2 Å². The van der Waals surface area contributed by atoms with Gasteiger partial charge in [-0.1, -0.05) is 152 Å². The van der Waals surface area contributed by atoms with Crippen LogP contribution in [0.4, 0.5) is 13.2 Å². The minimum absolute atomic E-state index is 0.0275. The van der Waals surface area contributed by atoms with Gasteiger partial charge in [-0.05, 0) is 136 Å². The molecule has 0 fully saturated rings. The first-order valence-electron chi connectivity index (χ1n) is 28.1. The number of hydrogen-bond acceptors (Lipinski definition) is 5. The molecule has 0 bridgehead atoms. The van der Waals surface area contributed by atoms with Gasteiger partial charge in [0.25, 0.3) is 0 Å². The molecule has 1 heterocycles. The highest BCUT2D eigenvalue weighted by molar-refractivity contribution is 5.81. The Balaban J connectivity index is 0.000000203. The number of amides is 4. The summed E-state index contributed by atoms with van der Waals surface area (Å²) in [6, 6.07) is 57.6. The number of hydrogen-bond donors (Lipinski definition) is 0. The molecule has 1 aromatic heterocycles. The Labute approximate surface area is 490 Å². The van der Waals surface area contributed by atoms with Crippen LogP contribution in [-0.4, -0.2) is 101 Å². The van der Waals surface area contributed by atoms with Crippen LogP contribution in [0.25, 0.3) is 44.6 Å². The summed E-state index contributed by atoms with van der Waals surface area (Å²) < 4.78 is 40.7. The Kier molecular flexibility index (Phi) is 25.2. The molecule has 0 N–H and O–H groups in total. The summed E-state index contributed by atoms with van der Waals surface area (Å²) in [5.41, 5.74) is 10.5. The number of aromatic nitrogens is 1. The van der Waals surface area contributed by atoms with Crippen molar-refractivity contribution in [2.45, 2.75) is 105 Å². The third kappa shape index (κ3) is 20.4. The molecule has 8 aromatic rings. The third-order valence-corrected chi connectivity index (χ3v) is 14.4. The molecule has 0 saturated heterocycles. The lowest BCUT2D eigenvalue weighted by atomic mass is 10.0. The van der Waals surface area contributed by atoms with Gasteiger partial charge in [-0.25, -0.2) is 13.2 Å². The van der Waals surface area contributed by atoms with Gasteiger partial charge in [0.05, 0.1) is 31.4 Å². The zero-order valence-electron chi connectivity index (χ0n) is 50.1. The van der Waals surface area contributed by atoms with Gasteiger partial charge in [0.15, 0.2) is 0 Å². The summed E-state index contributed by atoms with van der Waals surface area (Å²) >= 11 is 0. The number of rotatable bonds is 16. The van der Waals surface area contributed by atoms with Crippen LogP contribution < -0.4 is 0 Å². The van der Waals surface area contributed by atoms with Crippen molar-refractivity contribution in [3.8, 4) is 44.6 Å². The van der Waals surface area contributed by atoms with Gasteiger partial charge in [0.2, 0.25) is 23.6 Å². The van der Waals surface area contributed by atoms with E-state index in [0.29, 0.717) is 36.8 Å². The summed E-state index contributed by atoms with van der Waals surface area (Å²) in [4.78, 5) is 59.4. The predicted molar refractivity (Wildman–Crippen MR) is 332 cm³/mol. The fourth-order valence-electron chi connectivity index (χ4n) is 8.14. The highest BCUT2D eigenvalue weighted by Crippen LogP contribution is 2.26. The lowest BCUT2D eigenvalue weighted by Crippen LogP contribution is -2.34. The van der Waals surface area contributed by atoms with E-state index in [9.17, 15) is 32.3 Å². The molecule has 9 nitrogen and oxygen atoms in total. The first-order chi connectivity index (χ1) is 39.5. The van der Waals surface area contributed by atoms with E-state index in [1.807, 2.05) is 173 Å². The van der Waals surface area contributed by atoms with Crippen molar-refractivity contribution >= 4 is 23.6 Å². The van der Waals surface area contributed by atoms with E-state index in [-0.39, 0.29) is 59.2 Å². The van der Waals surface area contributed by atoms with E-state index < -0.39 is 11.6 Å². The average molecular weight is 1120 g/mol. The average Bonchev–Trinajstić information content (AvgIpc) is 3.56. The van der Waals surface area contributed by atoms with Crippen LogP contribution in [-0.2, 0) is 44.9 Å². The molecule has 0 aliphatic rings. The summed E-state index contributed by atoms with van der Waals surface area (Å²) in [6.07, 6.45) is 3.35. The Hall–Kier alpha value is -8.64. The van der Waals surface area contributed by atoms with Gasteiger partial charge in [0.1, 0.15) is 17.5 Å². The van der Waals surface area contributed by atoms with Crippen LogP contribution in [0.3, 0.4) is 0 Å². The number of nitrogens with zero attached hydrogens (tertiary/aromatic N) is 5. The number of pyridine rings is 1. The van der Waals surface area contributed by atoms with E-state index >= 15 is 0 Å². The zero-order chi connectivity index (χ0) is 60.8. The van der Waals surface area contributed by atoms with Gasteiger partial charge >= 0.3 is 0 Å². The van der Waals surface area contributed by atoms with Crippen molar-refractivity contribution in [1.82, 2.24) is 24.6 Å². The number of likely N-dealkylation sites (N-methyl/N-ethyl adjacent to an activating group) is 4. The first-order valence-corrected chi connectivity index (χ1v) is 28.1. The zero-order valence-corrected chi connectivity index (χ0v) is 50.1. The Bertz CT molecular complexity index is 3190. The molecule has 0 spiro atoms. The van der Waals surface area contributed by atoms with Crippen molar-refractivity contribution in [3.05, 3.63) is 234 Å². The fourth-order valence-corrected chi connectivity index (χ4v) is 8.14. The second-order valence-corrected chi connectivity index (χ2v) is 21.6. The monoisotopic (exact) mass is 1120 g/mol. The summed E-state index contributed by atoms with van der Waals surface area (Å²) in [5, 5.41) is 0. The van der Waals surface area contributed by atoms with Gasteiger partial charge in [-0.2, -0.15) is 0 Å². The van der Waals surface area contributed by atoms with Crippen molar-refractivity contribution in [2.75, 3.05) is 28.2 Å². The van der Waals surface area contributed by atoms with Gasteiger partial charge < -0.3 is 19.6 Å². The number of carbonyl (C=O) groups is 4. The summed E-state index contributed by atoms with van der Waals surface area (Å²) in [5.74, 6) is -0.763. The van der Waals surface area contributed by atoms with Crippen molar-refractivity contribution in [3.63, 3.8) is 0 Å². The van der Waals surface area contributed by atoms with Crippen LogP contribution in [0.2, 0.25) is 0 Å². The molecule has 12 heteroatoms. The van der Waals surface area contributed by atoms with Crippen LogP contribution in [0, 0.1) is 17.5 Å². The molecule has 0 radical (unpaired) electrons. The predicted octanol–water partition coefficient (Wildman–Crippen LogP) is 14.9. The number of halogens is 3. The molecular weight excluding hydrogens is 1040 g/mol. The molecule has 7 aromatic carbocycles. The molecule has 83 heavy (non-hydrogen) atoms. The van der Waals surface area contributed by atoms with Crippen LogP contribution >= 0.6 is 0 Å². The Morgan fingerprint density at radius 3 is 1.05 bits per heavy atom. The lowest BCUT2D eigenvalue weighted by molar-refractivity contribution is -0.131. The number of benzene rings is 7. The van der Waals surface area contributed by atoms with Gasteiger partial charge in [-0.15, -0.1) is 0 Å². The maximum atomic E-state index is 13.7. The maximum absolute atomic E-state index is 13.7. The Morgan fingerprint density at radius 1 is 0.349 bits per heavy atom. The summed E-state index contributed by atoms with van der Waals surface area (Å²) in [6.45, 7) is 16.0. The molecule has 0 unspecified atom stereocenters. The molecule has 8 rings (SSSR count). The standard InChI is InChI=1S/C18H19F2NO.C18H20FNO.C18H21NO.C17H20N2O/c1-12(2)21(3)18(22)10-13-4-6-14(7-5-13)16-11-15(19)8-9-17(16)20;1-13(2)20(3)18(21)12-14-8-10-15(11-9-14)16-6-4-5-7-17(16)19;1-14(2)19(3)18(20)13-15-9-11-17(12-10-15)16-7-5-4-6-8-16;1-13(2)19(3)17(20)12-14-7-9-15(10-8-14)16-6-4-5-11-18-16/h4-9,11-12H,10H2,1-3H3;4-11,13H,12H2,1-3H3;4-12,14H,13H2,1-3H3;4-11,13H,12H2,1-3H3. The SMILES string of the molecule is CC(C)N(C)C(=O)Cc1ccc(-c2cc(F)ccc2F)cc1.CC(C)N(C)C(=O)Cc1ccc(-c2ccccc2)cc1.CC(C)N(C)C(=O)Cc1ccc(-c2ccccc2F)cc1.CC(C)N(C)C(=O)Cc1ccc(-c2ccccn2)cc1. The van der Waals surface area contributed by atoms with Crippen LogP contribution in [0.15, 0.2) is 194 Å². The largest absolute Gasteiger partial charge is 0.343 e. The van der Waals surface area contributed by atoms with Crippen molar-refractivity contribution in [1.29, 1.82) is 0 Å². The van der Waals surface area contributed by atoms with Crippen LogP contribution in [0.1, 0.15) is 77.6 Å². The highest BCUT2D eigenvalue weighted by atomic mass is 19.1. The smallest absolute Gasteiger partial charge is 0.226 e. The van der Waals surface area contributed by atoms with Crippen molar-refractivity contribution < 1.29 is 32.3 Å². The number of carbonyl (C=O) groups excluding carboxylic acids is 4. The second-order valence-electron chi connectivity index (χ2n) is 21.6. The summed E-state index contributed by atoms with van der Waals surface area (Å²) in [7, 11) is 7.27. The molecule has 0 aliphatic heterocycles. The van der Waals surface area contributed by atoms with E-state index in [1.54, 1.807) is 76.3 Å². The van der Waals surface area contributed by atoms with E-state index in [4.69, 9.17) is 0 Å². The first kappa shape index (κ1) is 65.2. The van der Waals surface area contributed by atoms with Crippen molar-refractivity contribution in [2.24, 2.45) is 0 Å².